The summed E-state index contributed by atoms with van der Waals surface area (Å²) < 4.78 is 0. The van der Waals surface area contributed by atoms with Crippen LogP contribution in [0.2, 0.25) is 5.28 Å². The molecule has 0 aliphatic rings. The first-order valence-corrected chi connectivity index (χ1v) is 6.37. The van der Waals surface area contributed by atoms with Crippen molar-refractivity contribution in [3.05, 3.63) is 47.4 Å². The number of aromatic nitrogens is 2. The second kappa shape index (κ2) is 8.06. The van der Waals surface area contributed by atoms with Crippen LogP contribution in [-0.2, 0) is 6.42 Å². The molecule has 2 aromatic rings. The summed E-state index contributed by atoms with van der Waals surface area (Å²) in [5.41, 5.74) is 1.82. The first-order valence-electron chi connectivity index (χ1n) is 5.99. The van der Waals surface area contributed by atoms with Crippen LogP contribution in [0, 0.1) is 11.3 Å². The Kier molecular flexibility index (Phi) is 6.34. The number of hydrogen-bond acceptors (Lipinski definition) is 4. The smallest absolute Gasteiger partial charge is 0.224 e. The van der Waals surface area contributed by atoms with Crippen molar-refractivity contribution < 1.29 is 0 Å². The highest BCUT2D eigenvalue weighted by molar-refractivity contribution is 6.28. The number of nitrogens with zero attached hydrogens (tertiary/aromatic N) is 3. The highest BCUT2D eigenvalue weighted by Crippen LogP contribution is 2.16. The molecular weight excluding hydrogens is 260 g/mol. The predicted molar refractivity (Wildman–Crippen MR) is 77.4 cm³/mol. The Morgan fingerprint density at radius 3 is 2.79 bits per heavy atom. The van der Waals surface area contributed by atoms with Gasteiger partial charge in [0, 0.05) is 11.9 Å². The maximum Gasteiger partial charge on any atom is 0.224 e. The van der Waals surface area contributed by atoms with E-state index in [0.717, 1.165) is 11.3 Å². The fourth-order valence-corrected chi connectivity index (χ4v) is 1.55. The van der Waals surface area contributed by atoms with Crippen molar-refractivity contribution in [1.29, 1.82) is 5.26 Å². The molecule has 4 nitrogen and oxygen atoms in total. The summed E-state index contributed by atoms with van der Waals surface area (Å²) >= 11 is 5.69. The van der Waals surface area contributed by atoms with E-state index in [4.69, 9.17) is 16.9 Å². The fourth-order valence-electron chi connectivity index (χ4n) is 1.40. The van der Waals surface area contributed by atoms with Crippen LogP contribution < -0.4 is 5.32 Å². The van der Waals surface area contributed by atoms with Gasteiger partial charge in [-0.1, -0.05) is 26.0 Å². The highest BCUT2D eigenvalue weighted by atomic mass is 35.5. The summed E-state index contributed by atoms with van der Waals surface area (Å²) in [5.74, 6) is 0.624. The van der Waals surface area contributed by atoms with E-state index >= 15 is 0 Å². The van der Waals surface area contributed by atoms with Gasteiger partial charge in [-0.3, -0.25) is 0 Å². The van der Waals surface area contributed by atoms with Crippen molar-refractivity contribution in [3.63, 3.8) is 0 Å². The molecule has 5 heteroatoms. The van der Waals surface area contributed by atoms with E-state index in [9.17, 15) is 0 Å². The molecule has 1 aromatic heterocycles. The Balaban J connectivity index is 0.000000861. The summed E-state index contributed by atoms with van der Waals surface area (Å²) in [4.78, 5) is 7.82. The molecule has 2 rings (SSSR count). The molecule has 0 saturated heterocycles. The SMILES string of the molecule is CC.N#CCc1cccc(Nc2ccnc(Cl)n2)c1. The minimum Gasteiger partial charge on any atom is -0.340 e. The first-order chi connectivity index (χ1) is 9.28. The van der Waals surface area contributed by atoms with E-state index in [1.165, 1.54) is 0 Å². The first kappa shape index (κ1) is 14.9. The minimum atomic E-state index is 0.197. The molecule has 0 spiro atoms. The average molecular weight is 275 g/mol. The van der Waals surface area contributed by atoms with Gasteiger partial charge in [0.15, 0.2) is 0 Å². The monoisotopic (exact) mass is 274 g/mol. The highest BCUT2D eigenvalue weighted by Gasteiger charge is 1.99. The van der Waals surface area contributed by atoms with Crippen LogP contribution in [0.1, 0.15) is 19.4 Å². The molecule has 0 amide bonds. The molecule has 98 valence electrons. The molecule has 0 fully saturated rings. The summed E-state index contributed by atoms with van der Waals surface area (Å²) in [5, 5.41) is 11.9. The zero-order chi connectivity index (χ0) is 14.1. The number of benzene rings is 1. The molecule has 0 saturated carbocycles. The Morgan fingerprint density at radius 2 is 2.11 bits per heavy atom. The van der Waals surface area contributed by atoms with E-state index in [0.29, 0.717) is 12.2 Å². The van der Waals surface area contributed by atoms with Gasteiger partial charge in [0.1, 0.15) is 5.82 Å². The molecule has 0 radical (unpaired) electrons. The van der Waals surface area contributed by atoms with E-state index in [-0.39, 0.29) is 5.28 Å². The molecular formula is C14H15ClN4. The van der Waals surface area contributed by atoms with Crippen LogP contribution in [-0.4, -0.2) is 9.97 Å². The van der Waals surface area contributed by atoms with Gasteiger partial charge in [0.2, 0.25) is 5.28 Å². The predicted octanol–water partition coefficient (Wildman–Crippen LogP) is 3.97. The van der Waals surface area contributed by atoms with Crippen LogP contribution in [0.15, 0.2) is 36.5 Å². The lowest BCUT2D eigenvalue weighted by Gasteiger charge is -2.06. The summed E-state index contributed by atoms with van der Waals surface area (Å²) in [7, 11) is 0. The van der Waals surface area contributed by atoms with Gasteiger partial charge in [0.05, 0.1) is 12.5 Å². The summed E-state index contributed by atoms with van der Waals surface area (Å²) in [6.07, 6.45) is 1.97. The molecule has 0 bridgehead atoms. The van der Waals surface area contributed by atoms with Crippen molar-refractivity contribution in [2.45, 2.75) is 20.3 Å². The number of anilines is 2. The molecule has 0 aliphatic heterocycles. The second-order valence-corrected chi connectivity index (χ2v) is 3.71. The van der Waals surface area contributed by atoms with Crippen molar-refractivity contribution in [2.24, 2.45) is 0 Å². The van der Waals surface area contributed by atoms with Crippen LogP contribution in [0.4, 0.5) is 11.5 Å². The average Bonchev–Trinajstić information content (AvgIpc) is 2.42. The van der Waals surface area contributed by atoms with E-state index < -0.39 is 0 Å². The van der Waals surface area contributed by atoms with Gasteiger partial charge in [0.25, 0.3) is 0 Å². The number of halogens is 1. The second-order valence-electron chi connectivity index (χ2n) is 3.37. The van der Waals surface area contributed by atoms with E-state index in [1.54, 1.807) is 12.3 Å². The minimum absolute atomic E-state index is 0.197. The van der Waals surface area contributed by atoms with E-state index in [2.05, 4.69) is 21.4 Å². The Bertz CT molecular complexity index is 563. The number of hydrogen-bond donors (Lipinski definition) is 1. The number of rotatable bonds is 3. The third kappa shape index (κ3) is 4.94. The number of nitriles is 1. The van der Waals surface area contributed by atoms with Gasteiger partial charge in [-0.2, -0.15) is 5.26 Å². The van der Waals surface area contributed by atoms with Crippen LogP contribution >= 0.6 is 11.6 Å². The maximum atomic E-state index is 8.63. The molecule has 0 aliphatic carbocycles. The Labute approximate surface area is 118 Å². The zero-order valence-electron chi connectivity index (χ0n) is 10.9. The quantitative estimate of drug-likeness (QED) is 0.861. The number of nitrogens with one attached hydrogen (secondary N) is 1. The third-order valence-electron chi connectivity index (χ3n) is 2.11. The van der Waals surface area contributed by atoms with Crippen molar-refractivity contribution in [1.82, 2.24) is 9.97 Å². The Hall–Kier alpha value is -2.12. The van der Waals surface area contributed by atoms with Crippen LogP contribution in [0.5, 0.6) is 0 Å². The van der Waals surface area contributed by atoms with Gasteiger partial charge in [-0.15, -0.1) is 0 Å². The fraction of sp³-hybridized carbons (Fsp3) is 0.214. The Morgan fingerprint density at radius 1 is 1.32 bits per heavy atom. The molecule has 1 aromatic carbocycles. The van der Waals surface area contributed by atoms with Crippen molar-refractivity contribution in [2.75, 3.05) is 5.32 Å². The lowest BCUT2D eigenvalue weighted by atomic mass is 10.1. The van der Waals surface area contributed by atoms with Gasteiger partial charge >= 0.3 is 0 Å². The molecule has 1 heterocycles. The topological polar surface area (TPSA) is 61.6 Å². The van der Waals surface area contributed by atoms with Crippen LogP contribution in [0.25, 0.3) is 0 Å². The lowest BCUT2D eigenvalue weighted by molar-refractivity contribution is 1.17. The molecule has 0 unspecified atom stereocenters. The maximum absolute atomic E-state index is 8.63. The van der Waals surface area contributed by atoms with E-state index in [1.807, 2.05) is 38.1 Å². The molecule has 1 N–H and O–H groups in total. The van der Waals surface area contributed by atoms with Gasteiger partial charge < -0.3 is 5.32 Å². The molecule has 19 heavy (non-hydrogen) atoms. The van der Waals surface area contributed by atoms with Crippen molar-refractivity contribution in [3.8, 4) is 6.07 Å². The van der Waals surface area contributed by atoms with Crippen molar-refractivity contribution >= 4 is 23.1 Å². The lowest BCUT2D eigenvalue weighted by Crippen LogP contribution is -1.95. The summed E-state index contributed by atoms with van der Waals surface area (Å²) in [6.45, 7) is 4.00. The normalized spacial score (nSPS) is 8.95. The van der Waals surface area contributed by atoms with Gasteiger partial charge in [-0.05, 0) is 35.4 Å². The zero-order valence-corrected chi connectivity index (χ0v) is 11.6. The summed E-state index contributed by atoms with van der Waals surface area (Å²) in [6, 6.07) is 11.4. The van der Waals surface area contributed by atoms with Gasteiger partial charge in [-0.25, -0.2) is 9.97 Å². The largest absolute Gasteiger partial charge is 0.340 e. The molecule has 0 atom stereocenters. The third-order valence-corrected chi connectivity index (χ3v) is 2.29. The standard InChI is InChI=1S/C12H9ClN4.C2H6/c13-12-15-7-5-11(17-12)16-10-3-1-2-9(8-10)4-6-14;1-2/h1-3,5,7-8H,4H2,(H,15,16,17);1-2H3. The van der Waals surface area contributed by atoms with Crippen LogP contribution in [0.3, 0.4) is 0 Å².